The van der Waals surface area contributed by atoms with Crippen molar-refractivity contribution in [3.63, 3.8) is 0 Å². The third-order valence-corrected chi connectivity index (χ3v) is 3.50. The van der Waals surface area contributed by atoms with Crippen molar-refractivity contribution in [3.05, 3.63) is 0 Å². The van der Waals surface area contributed by atoms with Crippen LogP contribution in [0.3, 0.4) is 0 Å². The first-order valence-electron chi connectivity index (χ1n) is 4.86. The standard InChI is InChI=1S/C9H19N2/c1-11(6-2-3-7-11)9-4-5-10-8-9/h9-10H,2-8H2,1H3/q+1. The van der Waals surface area contributed by atoms with Gasteiger partial charge in [0.25, 0.3) is 0 Å². The molecule has 0 saturated carbocycles. The summed E-state index contributed by atoms with van der Waals surface area (Å²) in [4.78, 5) is 0. The highest BCUT2D eigenvalue weighted by Gasteiger charge is 2.37. The number of hydrogen-bond acceptors (Lipinski definition) is 1. The van der Waals surface area contributed by atoms with Crippen molar-refractivity contribution >= 4 is 0 Å². The van der Waals surface area contributed by atoms with Crippen molar-refractivity contribution in [1.29, 1.82) is 0 Å². The van der Waals surface area contributed by atoms with E-state index in [-0.39, 0.29) is 0 Å². The summed E-state index contributed by atoms with van der Waals surface area (Å²) in [5, 5.41) is 3.46. The zero-order chi connectivity index (χ0) is 7.73. The lowest BCUT2D eigenvalue weighted by Gasteiger charge is -2.35. The van der Waals surface area contributed by atoms with Crippen molar-refractivity contribution in [2.75, 3.05) is 33.2 Å². The largest absolute Gasteiger partial charge is 0.323 e. The minimum atomic E-state index is 0.928. The van der Waals surface area contributed by atoms with Gasteiger partial charge < -0.3 is 9.80 Å². The number of nitrogens with one attached hydrogen (secondary N) is 1. The van der Waals surface area contributed by atoms with Gasteiger partial charge in [-0.2, -0.15) is 0 Å². The SMILES string of the molecule is C[N+]1(C2CCNC2)CCCC1. The summed E-state index contributed by atoms with van der Waals surface area (Å²) in [6.07, 6.45) is 4.30. The van der Waals surface area contributed by atoms with Crippen molar-refractivity contribution in [1.82, 2.24) is 5.32 Å². The molecular weight excluding hydrogens is 136 g/mol. The first-order chi connectivity index (χ1) is 5.31. The van der Waals surface area contributed by atoms with Gasteiger partial charge in [-0.05, 0) is 0 Å². The topological polar surface area (TPSA) is 12.0 Å². The second-order valence-corrected chi connectivity index (χ2v) is 4.28. The van der Waals surface area contributed by atoms with E-state index >= 15 is 0 Å². The van der Waals surface area contributed by atoms with Gasteiger partial charge in [-0.3, -0.25) is 0 Å². The molecule has 2 aliphatic heterocycles. The highest BCUT2D eigenvalue weighted by Crippen LogP contribution is 2.23. The number of rotatable bonds is 1. The molecule has 2 nitrogen and oxygen atoms in total. The van der Waals surface area contributed by atoms with E-state index in [1.54, 1.807) is 0 Å². The van der Waals surface area contributed by atoms with Crippen LogP contribution in [-0.4, -0.2) is 43.8 Å². The van der Waals surface area contributed by atoms with Crippen LogP contribution in [0.1, 0.15) is 19.3 Å². The van der Waals surface area contributed by atoms with Crippen LogP contribution in [0.5, 0.6) is 0 Å². The van der Waals surface area contributed by atoms with Crippen LogP contribution in [0.15, 0.2) is 0 Å². The molecule has 0 spiro atoms. The molecule has 2 heteroatoms. The molecule has 1 atom stereocenters. The monoisotopic (exact) mass is 155 g/mol. The highest BCUT2D eigenvalue weighted by atomic mass is 15.4. The highest BCUT2D eigenvalue weighted by molar-refractivity contribution is 4.73. The second kappa shape index (κ2) is 2.76. The molecule has 0 aromatic rings. The van der Waals surface area contributed by atoms with Gasteiger partial charge in [-0.1, -0.05) is 0 Å². The molecule has 2 aliphatic rings. The molecule has 11 heavy (non-hydrogen) atoms. The van der Waals surface area contributed by atoms with Crippen molar-refractivity contribution in [2.45, 2.75) is 25.3 Å². The van der Waals surface area contributed by atoms with Gasteiger partial charge in [0.1, 0.15) is 6.04 Å². The third-order valence-electron chi connectivity index (χ3n) is 3.50. The van der Waals surface area contributed by atoms with Gasteiger partial charge in [-0.25, -0.2) is 0 Å². The summed E-state index contributed by atoms with van der Waals surface area (Å²) in [6.45, 7) is 5.35. The Hall–Kier alpha value is -0.0800. The van der Waals surface area contributed by atoms with Gasteiger partial charge in [0, 0.05) is 32.4 Å². The van der Waals surface area contributed by atoms with Crippen LogP contribution in [0, 0.1) is 0 Å². The summed E-state index contributed by atoms with van der Waals surface area (Å²) in [5.41, 5.74) is 0. The van der Waals surface area contributed by atoms with E-state index in [0.717, 1.165) is 6.04 Å². The van der Waals surface area contributed by atoms with E-state index in [1.165, 1.54) is 49.9 Å². The number of quaternary nitrogens is 1. The molecule has 2 heterocycles. The number of nitrogens with zero attached hydrogens (tertiary/aromatic N) is 1. The van der Waals surface area contributed by atoms with Crippen LogP contribution < -0.4 is 5.32 Å². The zero-order valence-electron chi connectivity index (χ0n) is 7.47. The normalized spacial score (nSPS) is 36.3. The van der Waals surface area contributed by atoms with Gasteiger partial charge in [-0.15, -0.1) is 0 Å². The lowest BCUT2D eigenvalue weighted by atomic mass is 10.2. The minimum Gasteiger partial charge on any atom is -0.323 e. The van der Waals surface area contributed by atoms with Crippen LogP contribution in [0.2, 0.25) is 0 Å². The molecule has 2 fully saturated rings. The minimum absolute atomic E-state index is 0.928. The van der Waals surface area contributed by atoms with Gasteiger partial charge in [0.2, 0.25) is 0 Å². The maximum Gasteiger partial charge on any atom is 0.103 e. The van der Waals surface area contributed by atoms with E-state index in [9.17, 15) is 0 Å². The van der Waals surface area contributed by atoms with Crippen molar-refractivity contribution in [3.8, 4) is 0 Å². The molecular formula is C9H19N2+. The summed E-state index contributed by atoms with van der Waals surface area (Å²) in [6, 6.07) is 0.928. The Morgan fingerprint density at radius 2 is 2.00 bits per heavy atom. The molecule has 0 aromatic heterocycles. The molecule has 0 bridgehead atoms. The molecule has 64 valence electrons. The first kappa shape index (κ1) is 7.56. The van der Waals surface area contributed by atoms with Crippen LogP contribution in [0.25, 0.3) is 0 Å². The summed E-state index contributed by atoms with van der Waals surface area (Å²) < 4.78 is 1.35. The maximum absolute atomic E-state index is 3.46. The van der Waals surface area contributed by atoms with Gasteiger partial charge in [0.05, 0.1) is 20.1 Å². The predicted octanol–water partition coefficient (Wildman–Crippen LogP) is 0.589. The fourth-order valence-electron chi connectivity index (χ4n) is 2.59. The summed E-state index contributed by atoms with van der Waals surface area (Å²) in [7, 11) is 2.44. The average Bonchev–Trinajstić information content (AvgIpc) is 2.55. The Kier molecular flexibility index (Phi) is 1.90. The molecule has 0 aromatic carbocycles. The average molecular weight is 155 g/mol. The van der Waals surface area contributed by atoms with E-state index in [4.69, 9.17) is 0 Å². The van der Waals surface area contributed by atoms with E-state index in [0.29, 0.717) is 0 Å². The van der Waals surface area contributed by atoms with E-state index in [2.05, 4.69) is 12.4 Å². The lowest BCUT2D eigenvalue weighted by Crippen LogP contribution is -2.50. The van der Waals surface area contributed by atoms with Crippen molar-refractivity contribution < 1.29 is 4.48 Å². The molecule has 2 rings (SSSR count). The van der Waals surface area contributed by atoms with Crippen LogP contribution in [0.4, 0.5) is 0 Å². The van der Waals surface area contributed by atoms with Crippen LogP contribution >= 0.6 is 0 Å². The predicted molar refractivity (Wildman–Crippen MR) is 46.4 cm³/mol. The Morgan fingerprint density at radius 1 is 1.27 bits per heavy atom. The Balaban J connectivity index is 2.00. The summed E-state index contributed by atoms with van der Waals surface area (Å²) in [5.74, 6) is 0. The Bertz CT molecular complexity index is 132. The number of hydrogen-bond donors (Lipinski definition) is 1. The first-order valence-corrected chi connectivity index (χ1v) is 4.86. The molecule has 0 radical (unpaired) electrons. The Morgan fingerprint density at radius 3 is 2.55 bits per heavy atom. The molecule has 1 unspecified atom stereocenters. The number of likely N-dealkylation sites (N-methyl/N-ethyl adjacent to an activating group) is 1. The van der Waals surface area contributed by atoms with Crippen molar-refractivity contribution in [2.24, 2.45) is 0 Å². The quantitative estimate of drug-likeness (QED) is 0.546. The van der Waals surface area contributed by atoms with E-state index in [1.807, 2.05) is 0 Å². The fourth-order valence-corrected chi connectivity index (χ4v) is 2.59. The third kappa shape index (κ3) is 1.30. The van der Waals surface area contributed by atoms with Crippen LogP contribution in [-0.2, 0) is 0 Å². The smallest absolute Gasteiger partial charge is 0.103 e. The van der Waals surface area contributed by atoms with Gasteiger partial charge >= 0.3 is 0 Å². The Labute approximate surface area is 69.2 Å². The molecule has 2 saturated heterocycles. The lowest BCUT2D eigenvalue weighted by molar-refractivity contribution is -0.919. The maximum atomic E-state index is 3.46. The number of likely N-dealkylation sites (tertiary alicyclic amines) is 1. The van der Waals surface area contributed by atoms with Gasteiger partial charge in [0.15, 0.2) is 0 Å². The fraction of sp³-hybridized carbons (Fsp3) is 1.00. The van der Waals surface area contributed by atoms with E-state index < -0.39 is 0 Å². The zero-order valence-corrected chi connectivity index (χ0v) is 7.47. The molecule has 0 aliphatic carbocycles. The molecule has 1 N–H and O–H groups in total. The summed E-state index contributed by atoms with van der Waals surface area (Å²) >= 11 is 0. The molecule has 0 amide bonds. The second-order valence-electron chi connectivity index (χ2n) is 4.28.